The minimum atomic E-state index is -0.343. The Morgan fingerprint density at radius 3 is 2.72 bits per heavy atom. The highest BCUT2D eigenvalue weighted by Crippen LogP contribution is 2.31. The highest BCUT2D eigenvalue weighted by molar-refractivity contribution is 7.17. The van der Waals surface area contributed by atoms with Crippen molar-refractivity contribution in [1.29, 1.82) is 0 Å². The molecule has 2 heterocycles. The molecular weight excluding hydrogens is 406 g/mol. The summed E-state index contributed by atoms with van der Waals surface area (Å²) in [5, 5.41) is 5.65. The average Bonchev–Trinajstić information content (AvgIpc) is 3.13. The van der Waals surface area contributed by atoms with E-state index in [-0.39, 0.29) is 18.0 Å². The summed E-state index contributed by atoms with van der Waals surface area (Å²) in [5.41, 5.74) is 4.43. The molecule has 0 radical (unpaired) electrons. The Hall–Kier alpha value is -2.96. The quantitative estimate of drug-likeness (QED) is 0.500. The van der Waals surface area contributed by atoms with Crippen molar-refractivity contribution in [1.82, 2.24) is 9.55 Å². The fraction of sp³-hybridized carbons (Fsp3) is 0.136. The van der Waals surface area contributed by atoms with Crippen LogP contribution in [0.25, 0.3) is 21.3 Å². The lowest BCUT2D eigenvalue weighted by Crippen LogP contribution is -2.27. The van der Waals surface area contributed by atoms with E-state index in [2.05, 4.69) is 23.3 Å². The average molecular weight is 424 g/mol. The third-order valence-corrected chi connectivity index (χ3v) is 6.06. The summed E-state index contributed by atoms with van der Waals surface area (Å²) >= 11 is 7.51. The number of carbonyl (C=O) groups is 1. The van der Waals surface area contributed by atoms with Crippen molar-refractivity contribution in [3.63, 3.8) is 0 Å². The number of hydrogen-bond acceptors (Lipinski definition) is 4. The number of aryl methyl sites for hydroxylation is 2. The van der Waals surface area contributed by atoms with Crippen molar-refractivity contribution >= 4 is 44.7 Å². The number of hydrogen-bond donors (Lipinski definition) is 1. The molecule has 5 nitrogen and oxygen atoms in total. The van der Waals surface area contributed by atoms with Crippen LogP contribution >= 0.6 is 22.9 Å². The minimum Gasteiger partial charge on any atom is -0.323 e. The van der Waals surface area contributed by atoms with Crippen molar-refractivity contribution in [2.24, 2.45) is 0 Å². The van der Waals surface area contributed by atoms with E-state index in [0.29, 0.717) is 20.9 Å². The molecule has 0 aliphatic carbocycles. The van der Waals surface area contributed by atoms with Crippen LogP contribution in [-0.2, 0) is 11.3 Å². The van der Waals surface area contributed by atoms with Crippen molar-refractivity contribution in [2.75, 3.05) is 5.32 Å². The van der Waals surface area contributed by atoms with Gasteiger partial charge < -0.3 is 5.32 Å². The number of para-hydroxylation sites is 1. The van der Waals surface area contributed by atoms with Gasteiger partial charge in [0, 0.05) is 10.9 Å². The molecular formula is C22H18ClN3O2S. The molecule has 0 spiro atoms. The molecule has 0 saturated carbocycles. The SMILES string of the molecule is Cc1ccc(-c2csc3ncn(CC(=O)Nc4ccccc4Cl)c(=O)c23)cc1C. The number of aromatic nitrogens is 2. The van der Waals surface area contributed by atoms with Crippen LogP contribution in [0, 0.1) is 13.8 Å². The summed E-state index contributed by atoms with van der Waals surface area (Å²) in [6.07, 6.45) is 1.41. The van der Waals surface area contributed by atoms with Gasteiger partial charge >= 0.3 is 0 Å². The Labute approximate surface area is 176 Å². The molecule has 0 saturated heterocycles. The number of nitrogens with one attached hydrogen (secondary N) is 1. The van der Waals surface area contributed by atoms with Gasteiger partial charge in [0.25, 0.3) is 5.56 Å². The zero-order chi connectivity index (χ0) is 20.5. The summed E-state index contributed by atoms with van der Waals surface area (Å²) in [6.45, 7) is 3.95. The molecule has 1 N–H and O–H groups in total. The summed E-state index contributed by atoms with van der Waals surface area (Å²) in [6, 6.07) is 13.1. The Morgan fingerprint density at radius 2 is 1.97 bits per heavy atom. The van der Waals surface area contributed by atoms with E-state index >= 15 is 0 Å². The molecule has 0 fully saturated rings. The second-order valence-corrected chi connectivity index (χ2v) is 8.10. The summed E-state index contributed by atoms with van der Waals surface area (Å²) < 4.78 is 1.33. The molecule has 2 aromatic heterocycles. The molecule has 0 aliphatic rings. The van der Waals surface area contributed by atoms with Crippen LogP contribution in [0.4, 0.5) is 5.69 Å². The number of carbonyl (C=O) groups excluding carboxylic acids is 1. The summed E-state index contributed by atoms with van der Waals surface area (Å²) in [4.78, 5) is 30.6. The third-order valence-electron chi connectivity index (χ3n) is 4.84. The molecule has 1 amide bonds. The monoisotopic (exact) mass is 423 g/mol. The van der Waals surface area contributed by atoms with E-state index in [4.69, 9.17) is 11.6 Å². The maximum absolute atomic E-state index is 13.1. The second-order valence-electron chi connectivity index (χ2n) is 6.83. The van der Waals surface area contributed by atoms with Crippen LogP contribution < -0.4 is 10.9 Å². The predicted octanol–water partition coefficient (Wildman–Crippen LogP) is 5.03. The molecule has 2 aromatic carbocycles. The first kappa shape index (κ1) is 19.4. The molecule has 0 unspecified atom stereocenters. The number of nitrogens with zero attached hydrogens (tertiary/aromatic N) is 2. The van der Waals surface area contributed by atoms with Crippen molar-refractivity contribution in [2.45, 2.75) is 20.4 Å². The van der Waals surface area contributed by atoms with Crippen molar-refractivity contribution in [3.8, 4) is 11.1 Å². The minimum absolute atomic E-state index is 0.144. The van der Waals surface area contributed by atoms with Crippen LogP contribution in [0.15, 0.2) is 59.0 Å². The highest BCUT2D eigenvalue weighted by atomic mass is 35.5. The van der Waals surface area contributed by atoms with Crippen LogP contribution in [0.2, 0.25) is 5.02 Å². The largest absolute Gasteiger partial charge is 0.323 e. The van der Waals surface area contributed by atoms with Gasteiger partial charge in [-0.2, -0.15) is 0 Å². The van der Waals surface area contributed by atoms with Gasteiger partial charge in [-0.05, 0) is 42.7 Å². The number of fused-ring (bicyclic) bond motifs is 1. The lowest BCUT2D eigenvalue weighted by Gasteiger charge is -2.09. The van der Waals surface area contributed by atoms with Gasteiger partial charge in [0.1, 0.15) is 11.4 Å². The standard InChI is InChI=1S/C22H18ClN3O2S/c1-13-7-8-15(9-14(13)2)16-11-29-21-20(16)22(28)26(12-24-21)10-19(27)25-18-6-4-3-5-17(18)23/h3-9,11-12H,10H2,1-2H3,(H,25,27). The fourth-order valence-corrected chi connectivity index (χ4v) is 4.20. The smallest absolute Gasteiger partial charge is 0.263 e. The van der Waals surface area contributed by atoms with Gasteiger partial charge in [0.15, 0.2) is 0 Å². The predicted molar refractivity (Wildman–Crippen MR) is 119 cm³/mol. The van der Waals surface area contributed by atoms with Gasteiger partial charge in [-0.3, -0.25) is 14.2 Å². The maximum atomic E-state index is 13.1. The zero-order valence-corrected chi connectivity index (χ0v) is 17.5. The molecule has 4 rings (SSSR count). The first-order valence-electron chi connectivity index (χ1n) is 9.02. The Morgan fingerprint density at radius 1 is 1.17 bits per heavy atom. The van der Waals surface area contributed by atoms with E-state index in [9.17, 15) is 9.59 Å². The normalized spacial score (nSPS) is 11.0. The van der Waals surface area contributed by atoms with E-state index in [1.165, 1.54) is 27.8 Å². The lowest BCUT2D eigenvalue weighted by atomic mass is 10.0. The van der Waals surface area contributed by atoms with Crippen LogP contribution in [-0.4, -0.2) is 15.5 Å². The number of benzene rings is 2. The van der Waals surface area contributed by atoms with Gasteiger partial charge in [-0.15, -0.1) is 11.3 Å². The number of rotatable bonds is 4. The van der Waals surface area contributed by atoms with E-state index < -0.39 is 0 Å². The Kier molecular flexibility index (Phi) is 5.22. The molecule has 29 heavy (non-hydrogen) atoms. The first-order chi connectivity index (χ1) is 13.9. The zero-order valence-electron chi connectivity index (χ0n) is 15.9. The summed E-state index contributed by atoms with van der Waals surface area (Å²) in [5.74, 6) is -0.343. The Balaban J connectivity index is 1.69. The molecule has 0 aliphatic heterocycles. The molecule has 4 aromatic rings. The fourth-order valence-electron chi connectivity index (χ4n) is 3.11. The molecule has 7 heteroatoms. The van der Waals surface area contributed by atoms with E-state index in [0.717, 1.165) is 16.7 Å². The number of amides is 1. The highest BCUT2D eigenvalue weighted by Gasteiger charge is 2.15. The molecule has 146 valence electrons. The number of halogens is 1. The topological polar surface area (TPSA) is 64.0 Å². The van der Waals surface area contributed by atoms with E-state index in [1.807, 2.05) is 24.4 Å². The summed E-state index contributed by atoms with van der Waals surface area (Å²) in [7, 11) is 0. The Bertz CT molecular complexity index is 1290. The molecule has 0 bridgehead atoms. The van der Waals surface area contributed by atoms with Gasteiger partial charge in [0.05, 0.1) is 22.4 Å². The van der Waals surface area contributed by atoms with Crippen LogP contribution in [0.5, 0.6) is 0 Å². The second kappa shape index (κ2) is 7.81. The van der Waals surface area contributed by atoms with Crippen molar-refractivity contribution in [3.05, 3.63) is 80.7 Å². The third kappa shape index (κ3) is 3.81. The molecule has 0 atom stereocenters. The van der Waals surface area contributed by atoms with Gasteiger partial charge in [0.2, 0.25) is 5.91 Å². The van der Waals surface area contributed by atoms with Crippen LogP contribution in [0.3, 0.4) is 0 Å². The lowest BCUT2D eigenvalue weighted by molar-refractivity contribution is -0.116. The van der Waals surface area contributed by atoms with Crippen molar-refractivity contribution < 1.29 is 4.79 Å². The first-order valence-corrected chi connectivity index (χ1v) is 10.3. The van der Waals surface area contributed by atoms with Gasteiger partial charge in [-0.1, -0.05) is 41.9 Å². The van der Waals surface area contributed by atoms with Gasteiger partial charge in [-0.25, -0.2) is 4.98 Å². The number of anilines is 1. The van der Waals surface area contributed by atoms with E-state index in [1.54, 1.807) is 24.3 Å². The maximum Gasteiger partial charge on any atom is 0.263 e. The number of thiophene rings is 1. The van der Waals surface area contributed by atoms with Crippen LogP contribution in [0.1, 0.15) is 11.1 Å².